The molecule has 0 amide bonds. The highest BCUT2D eigenvalue weighted by molar-refractivity contribution is 5.74. The summed E-state index contributed by atoms with van der Waals surface area (Å²) in [4.78, 5) is 0. The fraction of sp³-hybridized carbons (Fsp3) is 0.154. The molecule has 0 saturated carbocycles. The van der Waals surface area contributed by atoms with E-state index in [1.807, 2.05) is 37.3 Å². The van der Waals surface area contributed by atoms with Crippen LogP contribution in [-0.4, -0.2) is 5.16 Å². The van der Waals surface area contributed by atoms with Crippen LogP contribution in [-0.2, 0) is 0 Å². The van der Waals surface area contributed by atoms with Crippen molar-refractivity contribution in [1.82, 2.24) is 5.16 Å². The maximum absolute atomic E-state index is 5.80. The Hall–Kier alpha value is -2.03. The highest BCUT2D eigenvalue weighted by Crippen LogP contribution is 2.19. The number of hydrogen-bond donors (Lipinski definition) is 1. The third kappa shape index (κ3) is 1.98. The predicted molar refractivity (Wildman–Crippen MR) is 65.8 cm³/mol. The lowest BCUT2D eigenvalue weighted by atomic mass is 10.1. The number of rotatable bonds is 2. The Kier molecular flexibility index (Phi) is 2.77. The lowest BCUT2D eigenvalue weighted by molar-refractivity contribution is 0.408. The Labute approximate surface area is 94.6 Å². The molecule has 0 spiro atoms. The van der Waals surface area contributed by atoms with Crippen molar-refractivity contribution in [2.45, 2.75) is 13.8 Å². The summed E-state index contributed by atoms with van der Waals surface area (Å²) < 4.78 is 5.09. The van der Waals surface area contributed by atoms with Gasteiger partial charge in [0.15, 0.2) is 5.76 Å². The van der Waals surface area contributed by atoms with Gasteiger partial charge >= 0.3 is 0 Å². The lowest BCUT2D eigenvalue weighted by Crippen LogP contribution is -1.86. The van der Waals surface area contributed by atoms with Gasteiger partial charge in [-0.2, -0.15) is 0 Å². The van der Waals surface area contributed by atoms with Gasteiger partial charge in [0.05, 0.1) is 0 Å². The minimum absolute atomic E-state index is 0.602. The van der Waals surface area contributed by atoms with Gasteiger partial charge < -0.3 is 10.3 Å². The van der Waals surface area contributed by atoms with E-state index in [2.05, 4.69) is 18.1 Å². The molecule has 0 aliphatic rings. The minimum Gasteiger partial charge on any atom is -0.394 e. The number of hydrogen-bond acceptors (Lipinski definition) is 3. The zero-order chi connectivity index (χ0) is 11.5. The molecule has 0 radical (unpaired) electrons. The standard InChI is InChI=1S/C13H14N2O/c1-9-5-3-4-6-11(9)7-8-12-13(14)10(2)15-16-12/h3-8H,14H2,1-2H3/b8-7+. The van der Waals surface area contributed by atoms with E-state index in [4.69, 9.17) is 10.3 Å². The fourth-order valence-corrected chi connectivity index (χ4v) is 1.45. The Bertz CT molecular complexity index is 526. The van der Waals surface area contributed by atoms with Crippen molar-refractivity contribution in [2.75, 3.05) is 5.73 Å². The van der Waals surface area contributed by atoms with Crippen molar-refractivity contribution in [3.63, 3.8) is 0 Å². The molecule has 1 aromatic heterocycles. The second-order valence-electron chi connectivity index (χ2n) is 3.74. The van der Waals surface area contributed by atoms with Gasteiger partial charge in [-0.15, -0.1) is 0 Å². The zero-order valence-corrected chi connectivity index (χ0v) is 9.40. The number of nitrogens with two attached hydrogens (primary N) is 1. The Morgan fingerprint density at radius 2 is 1.94 bits per heavy atom. The molecule has 2 rings (SSSR count). The third-order valence-corrected chi connectivity index (χ3v) is 2.54. The van der Waals surface area contributed by atoms with Crippen molar-refractivity contribution in [2.24, 2.45) is 0 Å². The van der Waals surface area contributed by atoms with Gasteiger partial charge in [0, 0.05) is 0 Å². The average Bonchev–Trinajstić information content (AvgIpc) is 2.59. The Morgan fingerprint density at radius 3 is 2.56 bits per heavy atom. The number of nitrogen functional groups attached to an aromatic ring is 1. The number of benzene rings is 1. The van der Waals surface area contributed by atoms with Gasteiger partial charge in [0.2, 0.25) is 0 Å². The number of aromatic nitrogens is 1. The molecule has 0 atom stereocenters. The van der Waals surface area contributed by atoms with Crippen molar-refractivity contribution >= 4 is 17.8 Å². The molecule has 0 aliphatic heterocycles. The topological polar surface area (TPSA) is 52.0 Å². The van der Waals surface area contributed by atoms with Crippen LogP contribution in [0.4, 0.5) is 5.69 Å². The van der Waals surface area contributed by atoms with Crippen LogP contribution in [0.25, 0.3) is 12.2 Å². The first-order chi connectivity index (χ1) is 7.68. The van der Waals surface area contributed by atoms with E-state index >= 15 is 0 Å². The average molecular weight is 214 g/mol. The summed E-state index contributed by atoms with van der Waals surface area (Å²) in [7, 11) is 0. The van der Waals surface area contributed by atoms with Gasteiger partial charge in [0.1, 0.15) is 11.4 Å². The summed E-state index contributed by atoms with van der Waals surface area (Å²) in [6.45, 7) is 3.89. The highest BCUT2D eigenvalue weighted by atomic mass is 16.5. The predicted octanol–water partition coefficient (Wildman–Crippen LogP) is 3.04. The van der Waals surface area contributed by atoms with E-state index in [0.717, 1.165) is 11.3 Å². The van der Waals surface area contributed by atoms with Crippen LogP contribution >= 0.6 is 0 Å². The molecule has 0 unspecified atom stereocenters. The highest BCUT2D eigenvalue weighted by Gasteiger charge is 2.05. The molecular formula is C13H14N2O. The fourth-order valence-electron chi connectivity index (χ4n) is 1.45. The molecule has 1 heterocycles. The van der Waals surface area contributed by atoms with E-state index < -0.39 is 0 Å². The van der Waals surface area contributed by atoms with Gasteiger partial charge in [-0.1, -0.05) is 35.5 Å². The molecule has 2 N–H and O–H groups in total. The third-order valence-electron chi connectivity index (χ3n) is 2.54. The van der Waals surface area contributed by atoms with E-state index in [-0.39, 0.29) is 0 Å². The Morgan fingerprint density at radius 1 is 1.19 bits per heavy atom. The van der Waals surface area contributed by atoms with Gasteiger partial charge in [-0.25, -0.2) is 0 Å². The van der Waals surface area contributed by atoms with E-state index in [0.29, 0.717) is 11.4 Å². The van der Waals surface area contributed by atoms with Crippen molar-refractivity contribution in [3.8, 4) is 0 Å². The molecule has 16 heavy (non-hydrogen) atoms. The van der Waals surface area contributed by atoms with E-state index in [1.165, 1.54) is 5.56 Å². The number of anilines is 1. The summed E-state index contributed by atoms with van der Waals surface area (Å²) >= 11 is 0. The maximum Gasteiger partial charge on any atom is 0.182 e. The molecule has 1 aromatic carbocycles. The van der Waals surface area contributed by atoms with Gasteiger partial charge in [0.25, 0.3) is 0 Å². The molecule has 82 valence electrons. The summed E-state index contributed by atoms with van der Waals surface area (Å²) in [5.41, 5.74) is 9.49. The molecule has 0 bridgehead atoms. The molecule has 3 nitrogen and oxygen atoms in total. The first kappa shape index (κ1) is 10.5. The normalized spacial score (nSPS) is 11.1. The van der Waals surface area contributed by atoms with Gasteiger partial charge in [-0.3, -0.25) is 0 Å². The lowest BCUT2D eigenvalue weighted by Gasteiger charge is -1.97. The summed E-state index contributed by atoms with van der Waals surface area (Å²) in [5, 5.41) is 3.80. The maximum atomic E-state index is 5.80. The Balaban J connectivity index is 2.28. The van der Waals surface area contributed by atoms with Crippen molar-refractivity contribution < 1.29 is 4.52 Å². The van der Waals surface area contributed by atoms with Crippen molar-refractivity contribution in [3.05, 3.63) is 46.8 Å². The molecule has 3 heteroatoms. The van der Waals surface area contributed by atoms with Crippen LogP contribution in [0.2, 0.25) is 0 Å². The number of aryl methyl sites for hydroxylation is 2. The first-order valence-electron chi connectivity index (χ1n) is 5.14. The van der Waals surface area contributed by atoms with Crippen LogP contribution < -0.4 is 5.73 Å². The number of nitrogens with zero attached hydrogens (tertiary/aromatic N) is 1. The zero-order valence-electron chi connectivity index (χ0n) is 9.40. The SMILES string of the molecule is Cc1ccccc1/C=C/c1onc(C)c1N. The van der Waals surface area contributed by atoms with Crippen molar-refractivity contribution in [1.29, 1.82) is 0 Å². The summed E-state index contributed by atoms with van der Waals surface area (Å²) in [5.74, 6) is 0.612. The molecule has 0 fully saturated rings. The quantitative estimate of drug-likeness (QED) is 0.835. The monoisotopic (exact) mass is 214 g/mol. The summed E-state index contributed by atoms with van der Waals surface area (Å²) in [6, 6.07) is 8.13. The largest absolute Gasteiger partial charge is 0.394 e. The van der Waals surface area contributed by atoms with Crippen LogP contribution in [0.3, 0.4) is 0 Å². The molecule has 2 aromatic rings. The van der Waals surface area contributed by atoms with Crippen LogP contribution in [0.15, 0.2) is 28.8 Å². The van der Waals surface area contributed by atoms with Crippen LogP contribution in [0, 0.1) is 13.8 Å². The van der Waals surface area contributed by atoms with Gasteiger partial charge in [-0.05, 0) is 31.1 Å². The van der Waals surface area contributed by atoms with Crippen LogP contribution in [0.1, 0.15) is 22.6 Å². The van der Waals surface area contributed by atoms with E-state index in [9.17, 15) is 0 Å². The first-order valence-corrected chi connectivity index (χ1v) is 5.14. The second kappa shape index (κ2) is 4.23. The molecule has 0 aliphatic carbocycles. The smallest absolute Gasteiger partial charge is 0.182 e. The molecular weight excluding hydrogens is 200 g/mol. The second-order valence-corrected chi connectivity index (χ2v) is 3.74. The summed E-state index contributed by atoms with van der Waals surface area (Å²) in [6.07, 6.45) is 3.82. The van der Waals surface area contributed by atoms with E-state index in [1.54, 1.807) is 0 Å². The minimum atomic E-state index is 0.602. The van der Waals surface area contributed by atoms with Crippen LogP contribution in [0.5, 0.6) is 0 Å². The molecule has 0 saturated heterocycles.